The molecule has 0 saturated heterocycles. The Morgan fingerprint density at radius 1 is 1.10 bits per heavy atom. The third-order valence-electron chi connectivity index (χ3n) is 3.99. The van der Waals surface area contributed by atoms with Crippen molar-refractivity contribution in [2.75, 3.05) is 33.2 Å². The van der Waals surface area contributed by atoms with Gasteiger partial charge in [0, 0.05) is 6.54 Å². The fourth-order valence-electron chi connectivity index (χ4n) is 2.09. The average molecular weight is 374 g/mol. The van der Waals surface area contributed by atoms with Crippen molar-refractivity contribution in [1.29, 1.82) is 0 Å². The predicted molar refractivity (Wildman–Crippen MR) is 89.6 cm³/mol. The molecular formula is C15H24Cl4N2. The third kappa shape index (κ3) is 6.94. The van der Waals surface area contributed by atoms with Crippen molar-refractivity contribution in [3.05, 3.63) is 35.9 Å². The van der Waals surface area contributed by atoms with Crippen molar-refractivity contribution in [3.8, 4) is 0 Å². The van der Waals surface area contributed by atoms with Crippen molar-refractivity contribution in [3.63, 3.8) is 0 Å². The van der Waals surface area contributed by atoms with Crippen LogP contribution in [-0.4, -0.2) is 41.5 Å². The minimum Gasteiger partial charge on any atom is -1.00 e. The zero-order chi connectivity index (χ0) is 15.2. The summed E-state index contributed by atoms with van der Waals surface area (Å²) in [5.74, 6) is 0. The van der Waals surface area contributed by atoms with E-state index < -0.39 is 3.79 Å². The standard InChI is InChI=1S/C15H24Cl3N2.ClH/c1-4-20(3,5-2)12-11-19-14(15(16,17)18)13-9-7-6-8-10-13;/h6-10,14,19H,4-5,11-12H2,1-3H3;1H/q+1;/p-1. The molecular weight excluding hydrogens is 350 g/mol. The van der Waals surface area contributed by atoms with E-state index in [1.54, 1.807) is 0 Å². The highest BCUT2D eigenvalue weighted by Crippen LogP contribution is 2.39. The Kier molecular flexibility index (Phi) is 9.58. The van der Waals surface area contributed by atoms with Gasteiger partial charge in [-0.3, -0.25) is 0 Å². The number of likely N-dealkylation sites (N-methyl/N-ethyl adjacent to an activating group) is 1. The number of nitrogens with one attached hydrogen (secondary N) is 1. The molecule has 0 saturated carbocycles. The van der Waals surface area contributed by atoms with E-state index in [9.17, 15) is 0 Å². The summed E-state index contributed by atoms with van der Waals surface area (Å²) in [6.07, 6.45) is 0. The van der Waals surface area contributed by atoms with Gasteiger partial charge in [0.15, 0.2) is 0 Å². The fourth-order valence-corrected chi connectivity index (χ4v) is 2.70. The van der Waals surface area contributed by atoms with E-state index >= 15 is 0 Å². The molecule has 1 aromatic rings. The molecule has 6 heteroatoms. The smallest absolute Gasteiger partial charge is 0.209 e. The maximum absolute atomic E-state index is 6.11. The largest absolute Gasteiger partial charge is 1.00 e. The van der Waals surface area contributed by atoms with Gasteiger partial charge in [0.1, 0.15) is 0 Å². The second kappa shape index (κ2) is 9.44. The van der Waals surface area contributed by atoms with Crippen LogP contribution in [0.1, 0.15) is 25.5 Å². The first kappa shape index (κ1) is 21.3. The second-order valence-electron chi connectivity index (χ2n) is 5.31. The SMILES string of the molecule is CC[N+](C)(CC)CCNC(c1ccccc1)C(Cl)(Cl)Cl.[Cl-]. The number of benzene rings is 1. The van der Waals surface area contributed by atoms with Crippen LogP contribution in [0.25, 0.3) is 0 Å². The van der Waals surface area contributed by atoms with Crippen LogP contribution < -0.4 is 17.7 Å². The van der Waals surface area contributed by atoms with Gasteiger partial charge in [-0.05, 0) is 19.4 Å². The molecule has 1 aromatic carbocycles. The lowest BCUT2D eigenvalue weighted by Crippen LogP contribution is -3.00. The van der Waals surface area contributed by atoms with Gasteiger partial charge < -0.3 is 22.2 Å². The van der Waals surface area contributed by atoms with Gasteiger partial charge in [-0.25, -0.2) is 0 Å². The molecule has 0 aliphatic rings. The number of nitrogens with zero attached hydrogens (tertiary/aromatic N) is 1. The minimum absolute atomic E-state index is 0. The van der Waals surface area contributed by atoms with E-state index in [0.29, 0.717) is 0 Å². The van der Waals surface area contributed by atoms with Gasteiger partial charge in [-0.2, -0.15) is 0 Å². The monoisotopic (exact) mass is 372 g/mol. The van der Waals surface area contributed by atoms with Gasteiger partial charge in [0.25, 0.3) is 0 Å². The first-order valence-electron chi connectivity index (χ1n) is 7.01. The van der Waals surface area contributed by atoms with E-state index in [2.05, 4.69) is 26.2 Å². The van der Waals surface area contributed by atoms with Gasteiger partial charge in [-0.1, -0.05) is 65.1 Å². The summed E-state index contributed by atoms with van der Waals surface area (Å²) in [6.45, 7) is 8.42. The molecule has 1 unspecified atom stereocenters. The third-order valence-corrected chi connectivity index (χ3v) is 4.64. The van der Waals surface area contributed by atoms with Crippen LogP contribution >= 0.6 is 34.8 Å². The zero-order valence-corrected chi connectivity index (χ0v) is 15.8. The molecule has 1 rings (SSSR count). The molecule has 0 aromatic heterocycles. The molecule has 1 atom stereocenters. The summed E-state index contributed by atoms with van der Waals surface area (Å²) in [6, 6.07) is 9.54. The fraction of sp³-hybridized carbons (Fsp3) is 0.600. The molecule has 0 spiro atoms. The van der Waals surface area contributed by atoms with Crippen LogP contribution in [0.4, 0.5) is 0 Å². The van der Waals surface area contributed by atoms with Crippen LogP contribution in [0.3, 0.4) is 0 Å². The Bertz CT molecular complexity index is 388. The normalized spacial score (nSPS) is 13.6. The first-order chi connectivity index (χ1) is 9.32. The lowest BCUT2D eigenvalue weighted by Gasteiger charge is -2.34. The summed E-state index contributed by atoms with van der Waals surface area (Å²) >= 11 is 18.3. The van der Waals surface area contributed by atoms with Crippen LogP contribution in [0.2, 0.25) is 0 Å². The van der Waals surface area contributed by atoms with Gasteiger partial charge >= 0.3 is 0 Å². The second-order valence-corrected chi connectivity index (χ2v) is 7.68. The highest BCUT2D eigenvalue weighted by atomic mass is 35.6. The summed E-state index contributed by atoms with van der Waals surface area (Å²) in [5, 5.41) is 3.39. The summed E-state index contributed by atoms with van der Waals surface area (Å²) < 4.78 is -0.350. The van der Waals surface area contributed by atoms with Gasteiger partial charge in [0.05, 0.1) is 32.7 Å². The van der Waals surface area contributed by atoms with Gasteiger partial charge in [-0.15, -0.1) is 0 Å². The molecule has 0 amide bonds. The molecule has 122 valence electrons. The Morgan fingerprint density at radius 3 is 2.05 bits per heavy atom. The van der Waals surface area contributed by atoms with Gasteiger partial charge in [0.2, 0.25) is 3.79 Å². The number of hydrogen-bond donors (Lipinski definition) is 1. The van der Waals surface area contributed by atoms with Crippen molar-refractivity contribution in [2.24, 2.45) is 0 Å². The van der Waals surface area contributed by atoms with Crippen LogP contribution in [-0.2, 0) is 0 Å². The maximum Gasteiger partial charge on any atom is 0.209 e. The van der Waals surface area contributed by atoms with Crippen molar-refractivity contribution < 1.29 is 16.9 Å². The molecule has 1 N–H and O–H groups in total. The Labute approximate surface area is 149 Å². The molecule has 0 aliphatic heterocycles. The van der Waals surface area contributed by atoms with E-state index in [-0.39, 0.29) is 18.4 Å². The topological polar surface area (TPSA) is 12.0 Å². The highest BCUT2D eigenvalue weighted by molar-refractivity contribution is 6.68. The number of hydrogen-bond acceptors (Lipinski definition) is 1. The Balaban J connectivity index is 0.00000400. The van der Waals surface area contributed by atoms with Crippen molar-refractivity contribution in [2.45, 2.75) is 23.7 Å². The molecule has 0 heterocycles. The van der Waals surface area contributed by atoms with Crippen LogP contribution in [0.15, 0.2) is 30.3 Å². The van der Waals surface area contributed by atoms with Crippen molar-refractivity contribution in [1.82, 2.24) is 5.32 Å². The van der Waals surface area contributed by atoms with E-state index in [1.807, 2.05) is 30.3 Å². The zero-order valence-electron chi connectivity index (χ0n) is 12.8. The quantitative estimate of drug-likeness (QED) is 0.559. The van der Waals surface area contributed by atoms with Crippen molar-refractivity contribution >= 4 is 34.8 Å². The average Bonchev–Trinajstić information content (AvgIpc) is 2.43. The summed E-state index contributed by atoms with van der Waals surface area (Å²) in [5.41, 5.74) is 0.995. The lowest BCUT2D eigenvalue weighted by molar-refractivity contribution is -0.905. The maximum atomic E-state index is 6.11. The number of halogens is 4. The number of rotatable bonds is 7. The predicted octanol–water partition coefficient (Wildman–Crippen LogP) is 1.18. The minimum atomic E-state index is -1.36. The van der Waals surface area contributed by atoms with Crippen LogP contribution in [0.5, 0.6) is 0 Å². The molecule has 2 nitrogen and oxygen atoms in total. The number of quaternary nitrogens is 1. The van der Waals surface area contributed by atoms with Crippen LogP contribution in [0, 0.1) is 0 Å². The molecule has 0 bridgehead atoms. The Morgan fingerprint density at radius 2 is 1.62 bits per heavy atom. The molecule has 0 aliphatic carbocycles. The lowest BCUT2D eigenvalue weighted by atomic mass is 10.1. The Hall–Kier alpha value is 0.300. The van der Waals surface area contributed by atoms with E-state index in [1.165, 1.54) is 0 Å². The number of alkyl halides is 3. The summed E-state index contributed by atoms with van der Waals surface area (Å²) in [7, 11) is 2.24. The molecule has 21 heavy (non-hydrogen) atoms. The van der Waals surface area contributed by atoms with E-state index in [4.69, 9.17) is 34.8 Å². The molecule has 0 fully saturated rings. The first-order valence-corrected chi connectivity index (χ1v) is 8.14. The van der Waals surface area contributed by atoms with E-state index in [0.717, 1.165) is 36.2 Å². The molecule has 0 radical (unpaired) electrons. The summed E-state index contributed by atoms with van der Waals surface area (Å²) in [4.78, 5) is 0. The highest BCUT2D eigenvalue weighted by Gasteiger charge is 2.33.